The Bertz CT molecular complexity index is 200. The number of rotatable bonds is 10. The van der Waals surface area contributed by atoms with Crippen LogP contribution in [0.5, 0.6) is 0 Å². The zero-order chi connectivity index (χ0) is 13.1. The van der Waals surface area contributed by atoms with E-state index in [0.29, 0.717) is 18.9 Å². The van der Waals surface area contributed by atoms with Crippen molar-refractivity contribution in [3.63, 3.8) is 0 Å². The van der Waals surface area contributed by atoms with Gasteiger partial charge in [0.15, 0.2) is 0 Å². The highest BCUT2D eigenvalue weighted by Crippen LogP contribution is 2.13. The van der Waals surface area contributed by atoms with Gasteiger partial charge >= 0.3 is 5.97 Å². The molecule has 0 amide bonds. The highest BCUT2D eigenvalue weighted by Gasteiger charge is 2.16. The Morgan fingerprint density at radius 1 is 1.35 bits per heavy atom. The number of carbonyl (C=O) groups excluding carboxylic acids is 1. The van der Waals surface area contributed by atoms with Gasteiger partial charge in [0, 0.05) is 0 Å². The topological polar surface area (TPSA) is 52.3 Å². The Morgan fingerprint density at radius 2 is 2.06 bits per heavy atom. The van der Waals surface area contributed by atoms with E-state index in [2.05, 4.69) is 13.8 Å². The second kappa shape index (κ2) is 10.9. The van der Waals surface area contributed by atoms with Crippen LogP contribution >= 0.6 is 11.8 Å². The molecular formula is C13H27NO2S. The standard InChI is InChI=1S/C13H27NO2S/c1-4-6-7-11(5-2)10-16-13(15)12(14)8-9-17-3/h11-12H,4-10,14H2,1-3H3. The average molecular weight is 261 g/mol. The third-order valence-corrected chi connectivity index (χ3v) is 3.58. The smallest absolute Gasteiger partial charge is 0.322 e. The molecule has 0 rings (SSSR count). The van der Waals surface area contributed by atoms with Crippen LogP contribution in [0.3, 0.4) is 0 Å². The van der Waals surface area contributed by atoms with E-state index in [9.17, 15) is 4.79 Å². The number of carbonyl (C=O) groups is 1. The van der Waals surface area contributed by atoms with Crippen LogP contribution in [0.2, 0.25) is 0 Å². The molecule has 0 bridgehead atoms. The van der Waals surface area contributed by atoms with Gasteiger partial charge in [0.25, 0.3) is 0 Å². The molecular weight excluding hydrogens is 234 g/mol. The Hall–Kier alpha value is -0.220. The Morgan fingerprint density at radius 3 is 2.59 bits per heavy atom. The summed E-state index contributed by atoms with van der Waals surface area (Å²) in [5.74, 6) is 1.16. The van der Waals surface area contributed by atoms with Gasteiger partial charge in [-0.15, -0.1) is 0 Å². The van der Waals surface area contributed by atoms with E-state index in [1.165, 1.54) is 12.8 Å². The summed E-state index contributed by atoms with van der Waals surface area (Å²) in [5, 5.41) is 0. The van der Waals surface area contributed by atoms with Gasteiger partial charge in [0.2, 0.25) is 0 Å². The number of hydrogen-bond donors (Lipinski definition) is 1. The first-order valence-electron chi connectivity index (χ1n) is 6.56. The lowest BCUT2D eigenvalue weighted by Crippen LogP contribution is -2.33. The predicted molar refractivity (Wildman–Crippen MR) is 75.2 cm³/mol. The van der Waals surface area contributed by atoms with E-state index >= 15 is 0 Å². The first-order valence-corrected chi connectivity index (χ1v) is 7.96. The highest BCUT2D eigenvalue weighted by atomic mass is 32.2. The van der Waals surface area contributed by atoms with Crippen molar-refractivity contribution < 1.29 is 9.53 Å². The molecule has 0 fully saturated rings. The molecule has 0 aromatic carbocycles. The van der Waals surface area contributed by atoms with Crippen LogP contribution < -0.4 is 5.73 Å². The van der Waals surface area contributed by atoms with Crippen molar-refractivity contribution in [1.82, 2.24) is 0 Å². The molecule has 0 aromatic rings. The van der Waals surface area contributed by atoms with E-state index < -0.39 is 6.04 Å². The maximum Gasteiger partial charge on any atom is 0.322 e. The molecule has 0 aliphatic rings. The van der Waals surface area contributed by atoms with Crippen molar-refractivity contribution in [1.29, 1.82) is 0 Å². The zero-order valence-electron chi connectivity index (χ0n) is 11.4. The van der Waals surface area contributed by atoms with Crippen LogP contribution in [0.1, 0.15) is 46.0 Å². The minimum Gasteiger partial charge on any atom is -0.464 e. The average Bonchev–Trinajstić information content (AvgIpc) is 2.35. The van der Waals surface area contributed by atoms with Crippen LogP contribution in [0.15, 0.2) is 0 Å². The molecule has 2 N–H and O–H groups in total. The molecule has 0 saturated carbocycles. The minimum atomic E-state index is -0.453. The zero-order valence-corrected chi connectivity index (χ0v) is 12.2. The van der Waals surface area contributed by atoms with Gasteiger partial charge in [-0.05, 0) is 30.8 Å². The lowest BCUT2D eigenvalue weighted by atomic mass is 10.0. The molecule has 3 nitrogen and oxygen atoms in total. The predicted octanol–water partition coefficient (Wildman–Crippen LogP) is 2.83. The van der Waals surface area contributed by atoms with Gasteiger partial charge in [-0.3, -0.25) is 4.79 Å². The SMILES string of the molecule is CCCCC(CC)COC(=O)C(N)CCSC. The Kier molecular flexibility index (Phi) is 10.8. The molecule has 102 valence electrons. The van der Waals surface area contributed by atoms with Gasteiger partial charge in [-0.1, -0.05) is 33.1 Å². The van der Waals surface area contributed by atoms with Crippen molar-refractivity contribution in [2.45, 2.75) is 52.0 Å². The normalized spacial score (nSPS) is 14.4. The van der Waals surface area contributed by atoms with Crippen molar-refractivity contribution in [2.75, 3.05) is 18.6 Å². The fourth-order valence-corrected chi connectivity index (χ4v) is 2.06. The first-order chi connectivity index (χ1) is 8.15. The largest absolute Gasteiger partial charge is 0.464 e. The van der Waals surface area contributed by atoms with Crippen LogP contribution in [0.4, 0.5) is 0 Å². The number of ether oxygens (including phenoxy) is 1. The molecule has 0 spiro atoms. The molecule has 4 heteroatoms. The van der Waals surface area contributed by atoms with Crippen LogP contribution in [-0.2, 0) is 9.53 Å². The molecule has 0 saturated heterocycles. The summed E-state index contributed by atoms with van der Waals surface area (Å²) in [4.78, 5) is 11.6. The second-order valence-corrected chi connectivity index (χ2v) is 5.42. The monoisotopic (exact) mass is 261 g/mol. The number of esters is 1. The number of hydrogen-bond acceptors (Lipinski definition) is 4. The highest BCUT2D eigenvalue weighted by molar-refractivity contribution is 7.98. The maximum atomic E-state index is 11.6. The summed E-state index contributed by atoms with van der Waals surface area (Å²) in [7, 11) is 0. The molecule has 0 aromatic heterocycles. The van der Waals surface area contributed by atoms with Gasteiger partial charge in [0.05, 0.1) is 6.61 Å². The van der Waals surface area contributed by atoms with E-state index in [-0.39, 0.29) is 5.97 Å². The summed E-state index contributed by atoms with van der Waals surface area (Å²) in [6.07, 6.45) is 7.31. The van der Waals surface area contributed by atoms with Gasteiger partial charge < -0.3 is 10.5 Å². The molecule has 0 radical (unpaired) electrons. The molecule has 2 atom stereocenters. The number of nitrogens with two attached hydrogens (primary N) is 1. The fourth-order valence-electron chi connectivity index (χ4n) is 1.57. The van der Waals surface area contributed by atoms with Crippen molar-refractivity contribution >= 4 is 17.7 Å². The lowest BCUT2D eigenvalue weighted by molar-refractivity contribution is -0.146. The van der Waals surface area contributed by atoms with Crippen LogP contribution in [0, 0.1) is 5.92 Å². The summed E-state index contributed by atoms with van der Waals surface area (Å²) >= 11 is 1.70. The van der Waals surface area contributed by atoms with Crippen molar-refractivity contribution in [2.24, 2.45) is 11.7 Å². The van der Waals surface area contributed by atoms with Crippen molar-refractivity contribution in [3.05, 3.63) is 0 Å². The summed E-state index contributed by atoms with van der Waals surface area (Å²) in [6, 6.07) is -0.453. The molecule has 17 heavy (non-hydrogen) atoms. The van der Waals surface area contributed by atoms with E-state index in [4.69, 9.17) is 10.5 Å². The third-order valence-electron chi connectivity index (χ3n) is 2.94. The summed E-state index contributed by atoms with van der Waals surface area (Å²) in [5.41, 5.74) is 5.74. The van der Waals surface area contributed by atoms with E-state index in [0.717, 1.165) is 18.6 Å². The fraction of sp³-hybridized carbons (Fsp3) is 0.923. The second-order valence-electron chi connectivity index (χ2n) is 4.43. The maximum absolute atomic E-state index is 11.6. The Labute approximate surface area is 110 Å². The van der Waals surface area contributed by atoms with E-state index in [1.807, 2.05) is 6.26 Å². The van der Waals surface area contributed by atoms with Gasteiger partial charge in [0.1, 0.15) is 6.04 Å². The number of unbranched alkanes of at least 4 members (excludes halogenated alkanes) is 1. The molecule has 0 aliphatic carbocycles. The van der Waals surface area contributed by atoms with E-state index in [1.54, 1.807) is 11.8 Å². The quantitative estimate of drug-likeness (QED) is 0.614. The summed E-state index contributed by atoms with van der Waals surface area (Å²) < 4.78 is 5.28. The minimum absolute atomic E-state index is 0.242. The summed E-state index contributed by atoms with van der Waals surface area (Å²) in [6.45, 7) is 4.85. The van der Waals surface area contributed by atoms with Crippen molar-refractivity contribution in [3.8, 4) is 0 Å². The Balaban J connectivity index is 3.78. The third kappa shape index (κ3) is 8.50. The van der Waals surface area contributed by atoms with Crippen LogP contribution in [0.25, 0.3) is 0 Å². The number of thioether (sulfide) groups is 1. The van der Waals surface area contributed by atoms with Crippen LogP contribution in [-0.4, -0.2) is 30.6 Å². The van der Waals surface area contributed by atoms with Gasteiger partial charge in [-0.25, -0.2) is 0 Å². The molecule has 0 aliphatic heterocycles. The lowest BCUT2D eigenvalue weighted by Gasteiger charge is -2.16. The molecule has 0 heterocycles. The first kappa shape index (κ1) is 16.8. The molecule has 2 unspecified atom stereocenters. The van der Waals surface area contributed by atoms with Gasteiger partial charge in [-0.2, -0.15) is 11.8 Å².